The van der Waals surface area contributed by atoms with Gasteiger partial charge >= 0.3 is 0 Å². The van der Waals surface area contributed by atoms with E-state index in [4.69, 9.17) is 11.1 Å². The summed E-state index contributed by atoms with van der Waals surface area (Å²) in [5.41, 5.74) is 8.17. The molecule has 2 aromatic rings. The molecule has 0 fully saturated rings. The number of hydrogen-bond donors (Lipinski definition) is 2. The van der Waals surface area contributed by atoms with Gasteiger partial charge in [-0.25, -0.2) is 9.97 Å². The highest BCUT2D eigenvalue weighted by molar-refractivity contribution is 5.98. The van der Waals surface area contributed by atoms with Crippen molar-refractivity contribution in [2.24, 2.45) is 5.73 Å². The monoisotopic (exact) mass is 255 g/mol. The van der Waals surface area contributed by atoms with E-state index in [2.05, 4.69) is 16.0 Å². The lowest BCUT2D eigenvalue weighted by atomic mass is 10.2. The smallest absolute Gasteiger partial charge is 0.162 e. The molecule has 1 heterocycles. The van der Waals surface area contributed by atoms with Crippen LogP contribution < -0.4 is 10.6 Å². The second-order valence-corrected chi connectivity index (χ2v) is 4.23. The lowest BCUT2D eigenvalue weighted by Gasteiger charge is -2.23. The maximum atomic E-state index is 7.60. The van der Waals surface area contributed by atoms with E-state index in [-0.39, 0.29) is 5.84 Å². The first-order chi connectivity index (χ1) is 9.13. The number of nitrogens with zero attached hydrogens (tertiary/aromatic N) is 3. The number of nitrogen functional groups attached to an aromatic ring is 1. The first-order valence-electron chi connectivity index (χ1n) is 6.13. The molecule has 5 nitrogen and oxygen atoms in total. The maximum Gasteiger partial charge on any atom is 0.162 e. The normalized spacial score (nSPS) is 10.2. The van der Waals surface area contributed by atoms with Gasteiger partial charge in [0.25, 0.3) is 0 Å². The molecule has 0 amide bonds. The van der Waals surface area contributed by atoms with E-state index in [0.29, 0.717) is 11.5 Å². The third-order valence-corrected chi connectivity index (χ3v) is 2.82. The number of amidine groups is 1. The molecule has 2 rings (SSSR count). The molecule has 5 heteroatoms. The number of aryl methyl sites for hydroxylation is 1. The molecule has 0 aliphatic rings. The van der Waals surface area contributed by atoms with Crippen molar-refractivity contribution >= 4 is 17.3 Å². The summed E-state index contributed by atoms with van der Waals surface area (Å²) in [6.07, 6.45) is 3.16. The topological polar surface area (TPSA) is 78.9 Å². The van der Waals surface area contributed by atoms with Crippen LogP contribution in [-0.4, -0.2) is 22.3 Å². The van der Waals surface area contributed by atoms with Gasteiger partial charge in [-0.15, -0.1) is 0 Å². The summed E-state index contributed by atoms with van der Waals surface area (Å²) in [6.45, 7) is 4.79. The molecular formula is C14H17N5. The zero-order chi connectivity index (χ0) is 13.8. The molecule has 0 atom stereocenters. The van der Waals surface area contributed by atoms with E-state index in [9.17, 15) is 0 Å². The van der Waals surface area contributed by atoms with Crippen LogP contribution in [0, 0.1) is 12.3 Å². The Kier molecular flexibility index (Phi) is 3.75. The SMILES string of the molecule is CCN(c1cccc(C)c1)c1nccnc1C(=N)N. The Balaban J connectivity index is 2.51. The van der Waals surface area contributed by atoms with Crippen LogP contribution in [0.5, 0.6) is 0 Å². The molecule has 0 unspecified atom stereocenters. The molecule has 0 spiro atoms. The van der Waals surface area contributed by atoms with Crippen molar-refractivity contribution in [3.05, 3.63) is 47.9 Å². The Hall–Kier alpha value is -2.43. The lowest BCUT2D eigenvalue weighted by molar-refractivity contribution is 0.968. The van der Waals surface area contributed by atoms with Gasteiger partial charge < -0.3 is 10.6 Å². The molecule has 0 bridgehead atoms. The second-order valence-electron chi connectivity index (χ2n) is 4.23. The minimum absolute atomic E-state index is 0.0748. The standard InChI is InChI=1S/C14H17N5/c1-3-19(11-6-4-5-10(2)9-11)14-12(13(15)16)17-7-8-18-14/h4-9H,3H2,1-2H3,(H3,15,16). The van der Waals surface area contributed by atoms with E-state index in [1.54, 1.807) is 12.4 Å². The van der Waals surface area contributed by atoms with Gasteiger partial charge in [0.05, 0.1) is 0 Å². The molecule has 1 aromatic carbocycles. The summed E-state index contributed by atoms with van der Waals surface area (Å²) in [4.78, 5) is 10.5. The fraction of sp³-hybridized carbons (Fsp3) is 0.214. The van der Waals surface area contributed by atoms with Crippen LogP contribution in [0.4, 0.5) is 11.5 Å². The molecular weight excluding hydrogens is 238 g/mol. The molecule has 0 radical (unpaired) electrons. The quantitative estimate of drug-likeness (QED) is 0.648. The van der Waals surface area contributed by atoms with Gasteiger partial charge in [-0.05, 0) is 31.5 Å². The van der Waals surface area contributed by atoms with Crippen LogP contribution in [-0.2, 0) is 0 Å². The maximum absolute atomic E-state index is 7.60. The Labute approximate surface area is 112 Å². The highest BCUT2D eigenvalue weighted by atomic mass is 15.2. The van der Waals surface area contributed by atoms with Gasteiger partial charge in [-0.3, -0.25) is 5.41 Å². The number of nitrogens with one attached hydrogen (secondary N) is 1. The largest absolute Gasteiger partial charge is 0.382 e. The summed E-state index contributed by atoms with van der Waals surface area (Å²) < 4.78 is 0. The summed E-state index contributed by atoms with van der Waals surface area (Å²) in [7, 11) is 0. The van der Waals surface area contributed by atoms with E-state index in [0.717, 1.165) is 12.2 Å². The summed E-state index contributed by atoms with van der Waals surface area (Å²) in [5.74, 6) is 0.539. The summed E-state index contributed by atoms with van der Waals surface area (Å²) >= 11 is 0. The number of nitrogens with two attached hydrogens (primary N) is 1. The first-order valence-corrected chi connectivity index (χ1v) is 6.13. The average Bonchev–Trinajstić information content (AvgIpc) is 2.40. The van der Waals surface area contributed by atoms with Crippen molar-refractivity contribution in [3.63, 3.8) is 0 Å². The Morgan fingerprint density at radius 1 is 1.32 bits per heavy atom. The number of hydrogen-bond acceptors (Lipinski definition) is 4. The van der Waals surface area contributed by atoms with E-state index < -0.39 is 0 Å². The molecule has 0 aliphatic heterocycles. The minimum atomic E-state index is -0.0748. The van der Waals surface area contributed by atoms with Crippen LogP contribution in [0.25, 0.3) is 0 Å². The second kappa shape index (κ2) is 5.48. The van der Waals surface area contributed by atoms with Crippen LogP contribution in [0.3, 0.4) is 0 Å². The zero-order valence-electron chi connectivity index (χ0n) is 11.1. The first kappa shape index (κ1) is 13.0. The van der Waals surface area contributed by atoms with Crippen LogP contribution in [0.1, 0.15) is 18.2 Å². The fourth-order valence-corrected chi connectivity index (χ4v) is 1.97. The number of aromatic nitrogens is 2. The Morgan fingerprint density at radius 3 is 2.68 bits per heavy atom. The number of anilines is 2. The third kappa shape index (κ3) is 2.70. The van der Waals surface area contributed by atoms with Gasteiger partial charge in [0.1, 0.15) is 11.5 Å². The van der Waals surface area contributed by atoms with E-state index in [1.165, 1.54) is 5.56 Å². The highest BCUT2D eigenvalue weighted by Gasteiger charge is 2.16. The van der Waals surface area contributed by atoms with Crippen LogP contribution in [0.15, 0.2) is 36.7 Å². The fourth-order valence-electron chi connectivity index (χ4n) is 1.97. The van der Waals surface area contributed by atoms with Gasteiger partial charge in [-0.2, -0.15) is 0 Å². The van der Waals surface area contributed by atoms with Gasteiger partial charge in [0.15, 0.2) is 5.82 Å². The highest BCUT2D eigenvalue weighted by Crippen LogP contribution is 2.25. The van der Waals surface area contributed by atoms with E-state index in [1.807, 2.05) is 36.9 Å². The third-order valence-electron chi connectivity index (χ3n) is 2.82. The van der Waals surface area contributed by atoms with Gasteiger partial charge in [-0.1, -0.05) is 12.1 Å². The predicted octanol–water partition coefficient (Wildman–Crippen LogP) is 2.23. The van der Waals surface area contributed by atoms with Crippen molar-refractivity contribution < 1.29 is 0 Å². The average molecular weight is 255 g/mol. The van der Waals surface area contributed by atoms with Crippen molar-refractivity contribution in [3.8, 4) is 0 Å². The Bertz CT molecular complexity index is 594. The number of rotatable bonds is 4. The molecule has 0 saturated heterocycles. The van der Waals surface area contributed by atoms with Crippen LogP contribution >= 0.6 is 0 Å². The Morgan fingerprint density at radius 2 is 2.05 bits per heavy atom. The van der Waals surface area contributed by atoms with E-state index >= 15 is 0 Å². The number of benzene rings is 1. The molecule has 19 heavy (non-hydrogen) atoms. The lowest BCUT2D eigenvalue weighted by Crippen LogP contribution is -2.24. The minimum Gasteiger partial charge on any atom is -0.382 e. The van der Waals surface area contributed by atoms with Crippen molar-refractivity contribution in [2.75, 3.05) is 11.4 Å². The molecule has 0 aliphatic carbocycles. The molecule has 98 valence electrons. The molecule has 3 N–H and O–H groups in total. The molecule has 1 aromatic heterocycles. The zero-order valence-corrected chi connectivity index (χ0v) is 11.1. The summed E-state index contributed by atoms with van der Waals surface area (Å²) in [5, 5.41) is 7.60. The van der Waals surface area contributed by atoms with Crippen LogP contribution in [0.2, 0.25) is 0 Å². The van der Waals surface area contributed by atoms with Crippen molar-refractivity contribution in [1.82, 2.24) is 9.97 Å². The molecule has 0 saturated carbocycles. The van der Waals surface area contributed by atoms with Gasteiger partial charge in [0, 0.05) is 24.6 Å². The summed E-state index contributed by atoms with van der Waals surface area (Å²) in [6, 6.07) is 8.12. The predicted molar refractivity (Wildman–Crippen MR) is 76.9 cm³/mol. The van der Waals surface area contributed by atoms with Gasteiger partial charge in [0.2, 0.25) is 0 Å². The van der Waals surface area contributed by atoms with Crippen molar-refractivity contribution in [2.45, 2.75) is 13.8 Å². The van der Waals surface area contributed by atoms with Crippen molar-refractivity contribution in [1.29, 1.82) is 5.41 Å².